The van der Waals surface area contributed by atoms with Crippen LogP contribution in [-0.2, 0) is 4.79 Å². The van der Waals surface area contributed by atoms with E-state index in [-0.39, 0.29) is 17.6 Å². The highest BCUT2D eigenvalue weighted by Crippen LogP contribution is 2.24. The van der Waals surface area contributed by atoms with Crippen LogP contribution in [0, 0.1) is 10.1 Å². The summed E-state index contributed by atoms with van der Waals surface area (Å²) < 4.78 is 1.63. The number of benzene rings is 1. The van der Waals surface area contributed by atoms with Crippen LogP contribution in [0.3, 0.4) is 0 Å². The van der Waals surface area contributed by atoms with Gasteiger partial charge in [0.1, 0.15) is 0 Å². The van der Waals surface area contributed by atoms with Crippen LogP contribution in [-0.4, -0.2) is 36.3 Å². The highest BCUT2D eigenvalue weighted by Gasteiger charge is 2.20. The molecule has 0 saturated carbocycles. The van der Waals surface area contributed by atoms with E-state index in [9.17, 15) is 14.9 Å². The third-order valence-electron chi connectivity index (χ3n) is 2.93. The van der Waals surface area contributed by atoms with Crippen molar-refractivity contribution in [3.63, 3.8) is 0 Å². The van der Waals surface area contributed by atoms with Crippen LogP contribution in [0.25, 0.3) is 0 Å². The predicted molar refractivity (Wildman–Crippen MR) is 85.2 cm³/mol. The molecule has 0 bridgehead atoms. The van der Waals surface area contributed by atoms with E-state index in [2.05, 4.69) is 20.8 Å². The summed E-state index contributed by atoms with van der Waals surface area (Å²) in [5, 5.41) is 24.9. The zero-order chi connectivity index (χ0) is 17.0. The van der Waals surface area contributed by atoms with E-state index in [1.54, 1.807) is 17.7 Å². The Morgan fingerprint density at radius 1 is 1.39 bits per heavy atom. The highest BCUT2D eigenvalue weighted by molar-refractivity contribution is 8.00. The number of aromatic nitrogens is 4. The highest BCUT2D eigenvalue weighted by atomic mass is 32.2. The minimum atomic E-state index is -0.509. The van der Waals surface area contributed by atoms with Crippen molar-refractivity contribution in [2.24, 2.45) is 0 Å². The van der Waals surface area contributed by atoms with Crippen LogP contribution in [0.2, 0.25) is 0 Å². The molecule has 0 radical (unpaired) electrons. The van der Waals surface area contributed by atoms with Crippen molar-refractivity contribution >= 4 is 29.0 Å². The molecule has 1 heterocycles. The second-order valence-corrected chi connectivity index (χ2v) is 6.36. The smallest absolute Gasteiger partial charge is 0.271 e. The minimum absolute atomic E-state index is 0.0770. The molecular weight excluding hydrogens is 320 g/mol. The summed E-state index contributed by atoms with van der Waals surface area (Å²) >= 11 is 1.22. The zero-order valence-corrected chi connectivity index (χ0v) is 13.6. The number of rotatable bonds is 6. The van der Waals surface area contributed by atoms with Crippen LogP contribution < -0.4 is 5.32 Å². The molecule has 1 aromatic carbocycles. The summed E-state index contributed by atoms with van der Waals surface area (Å²) in [5.74, 6) is -0.284. The molecular formula is C13H16N6O3S. The molecule has 0 spiro atoms. The minimum Gasteiger partial charge on any atom is -0.325 e. The van der Waals surface area contributed by atoms with Crippen molar-refractivity contribution in [3.8, 4) is 0 Å². The zero-order valence-electron chi connectivity index (χ0n) is 12.8. The number of non-ortho nitro benzene ring substituents is 1. The molecule has 1 atom stereocenters. The number of anilines is 1. The molecule has 0 aliphatic carbocycles. The number of nitrogens with zero attached hydrogens (tertiary/aromatic N) is 5. The fourth-order valence-corrected chi connectivity index (χ4v) is 2.66. The number of nitro benzene ring substituents is 1. The summed E-state index contributed by atoms with van der Waals surface area (Å²) in [5.41, 5.74) is 0.298. The summed E-state index contributed by atoms with van der Waals surface area (Å²) in [4.78, 5) is 22.5. The van der Waals surface area contributed by atoms with Gasteiger partial charge in [0.15, 0.2) is 0 Å². The Bertz CT molecular complexity index is 717. The van der Waals surface area contributed by atoms with Crippen molar-refractivity contribution in [2.75, 3.05) is 5.32 Å². The molecule has 2 rings (SSSR count). The number of tetrazole rings is 1. The standard InChI is InChI=1S/C13H16N6O3S/c1-8(2)18-13(15-16-17-18)23-9(3)12(20)14-10-5-4-6-11(7-10)19(21)22/h4-9H,1-3H3,(H,14,20). The van der Waals surface area contributed by atoms with Gasteiger partial charge in [0.25, 0.3) is 5.69 Å². The van der Waals surface area contributed by atoms with Crippen LogP contribution in [0.1, 0.15) is 26.8 Å². The first-order valence-electron chi connectivity index (χ1n) is 6.88. The van der Waals surface area contributed by atoms with E-state index in [1.807, 2.05) is 13.8 Å². The number of carbonyl (C=O) groups excluding carboxylic acids is 1. The fourth-order valence-electron chi connectivity index (χ4n) is 1.74. The topological polar surface area (TPSA) is 116 Å². The number of thioether (sulfide) groups is 1. The first-order valence-corrected chi connectivity index (χ1v) is 7.76. The van der Waals surface area contributed by atoms with Gasteiger partial charge in [0.05, 0.1) is 16.2 Å². The Kier molecular flexibility index (Phi) is 5.27. The van der Waals surface area contributed by atoms with Gasteiger partial charge in [-0.25, -0.2) is 4.68 Å². The van der Waals surface area contributed by atoms with Crippen molar-refractivity contribution in [3.05, 3.63) is 34.4 Å². The molecule has 0 aliphatic rings. The van der Waals surface area contributed by atoms with E-state index in [4.69, 9.17) is 0 Å². The van der Waals surface area contributed by atoms with Gasteiger partial charge in [-0.2, -0.15) is 0 Å². The van der Waals surface area contributed by atoms with Gasteiger partial charge in [-0.3, -0.25) is 14.9 Å². The van der Waals surface area contributed by atoms with Crippen molar-refractivity contribution in [1.82, 2.24) is 20.2 Å². The predicted octanol–water partition coefficient (Wildman–Crippen LogP) is 2.28. The second kappa shape index (κ2) is 7.18. The van der Waals surface area contributed by atoms with E-state index in [0.717, 1.165) is 0 Å². The number of hydrogen-bond acceptors (Lipinski definition) is 7. The lowest BCUT2D eigenvalue weighted by molar-refractivity contribution is -0.384. The summed E-state index contributed by atoms with van der Waals surface area (Å²) in [7, 11) is 0. The maximum absolute atomic E-state index is 12.2. The molecule has 0 aliphatic heterocycles. The lowest BCUT2D eigenvalue weighted by Crippen LogP contribution is -2.23. The average molecular weight is 336 g/mol. The maximum atomic E-state index is 12.2. The SMILES string of the molecule is CC(Sc1nnnn1C(C)C)C(=O)Nc1cccc([N+](=O)[O-])c1. The largest absolute Gasteiger partial charge is 0.325 e. The number of nitro groups is 1. The van der Waals surface area contributed by atoms with Gasteiger partial charge in [0.2, 0.25) is 11.1 Å². The molecule has 23 heavy (non-hydrogen) atoms. The maximum Gasteiger partial charge on any atom is 0.271 e. The fraction of sp³-hybridized carbons (Fsp3) is 0.385. The number of hydrogen-bond donors (Lipinski definition) is 1. The summed E-state index contributed by atoms with van der Waals surface area (Å²) in [6.45, 7) is 5.60. The Morgan fingerprint density at radius 3 is 2.78 bits per heavy atom. The Labute approximate surface area is 136 Å². The van der Waals surface area contributed by atoms with Crippen LogP contribution >= 0.6 is 11.8 Å². The van der Waals surface area contributed by atoms with Gasteiger partial charge in [-0.1, -0.05) is 17.8 Å². The third-order valence-corrected chi connectivity index (χ3v) is 3.97. The molecule has 10 heteroatoms. The average Bonchev–Trinajstić information content (AvgIpc) is 2.95. The molecule has 2 aromatic rings. The van der Waals surface area contributed by atoms with Gasteiger partial charge in [-0.15, -0.1) is 5.10 Å². The Morgan fingerprint density at radius 2 is 2.13 bits per heavy atom. The van der Waals surface area contributed by atoms with E-state index < -0.39 is 10.2 Å². The summed E-state index contributed by atoms with van der Waals surface area (Å²) in [6, 6.07) is 5.88. The molecule has 1 unspecified atom stereocenters. The van der Waals surface area contributed by atoms with Crippen LogP contribution in [0.4, 0.5) is 11.4 Å². The van der Waals surface area contributed by atoms with Gasteiger partial charge < -0.3 is 5.32 Å². The van der Waals surface area contributed by atoms with Crippen molar-refractivity contribution in [1.29, 1.82) is 0 Å². The first-order chi connectivity index (χ1) is 10.9. The van der Waals surface area contributed by atoms with Gasteiger partial charge in [-0.05, 0) is 37.3 Å². The number of amides is 1. The number of carbonyl (C=O) groups is 1. The van der Waals surface area contributed by atoms with Crippen molar-refractivity contribution in [2.45, 2.75) is 37.2 Å². The van der Waals surface area contributed by atoms with Crippen molar-refractivity contribution < 1.29 is 9.72 Å². The van der Waals surface area contributed by atoms with E-state index in [0.29, 0.717) is 10.8 Å². The molecule has 1 amide bonds. The summed E-state index contributed by atoms with van der Waals surface area (Å²) in [6.07, 6.45) is 0. The molecule has 0 saturated heterocycles. The normalized spacial score (nSPS) is 12.2. The molecule has 1 N–H and O–H groups in total. The molecule has 0 fully saturated rings. The Balaban J connectivity index is 2.04. The molecule has 9 nitrogen and oxygen atoms in total. The molecule has 1 aromatic heterocycles. The molecule has 122 valence electrons. The van der Waals surface area contributed by atoms with Crippen LogP contribution in [0.5, 0.6) is 0 Å². The van der Waals surface area contributed by atoms with Gasteiger partial charge >= 0.3 is 0 Å². The Hall–Kier alpha value is -2.49. The lowest BCUT2D eigenvalue weighted by atomic mass is 10.2. The van der Waals surface area contributed by atoms with Gasteiger partial charge in [0, 0.05) is 17.8 Å². The van der Waals surface area contributed by atoms with E-state index in [1.165, 1.54) is 30.0 Å². The first kappa shape index (κ1) is 16.9. The van der Waals surface area contributed by atoms with E-state index >= 15 is 0 Å². The third kappa shape index (κ3) is 4.25. The quantitative estimate of drug-likeness (QED) is 0.488. The second-order valence-electron chi connectivity index (χ2n) is 5.06. The number of nitrogens with one attached hydrogen (secondary N) is 1. The van der Waals surface area contributed by atoms with Crippen LogP contribution in [0.15, 0.2) is 29.4 Å². The lowest BCUT2D eigenvalue weighted by Gasteiger charge is -2.12. The monoisotopic (exact) mass is 336 g/mol.